The molecule has 1 N–H and O–H groups in total. The van der Waals surface area contributed by atoms with Crippen molar-refractivity contribution in [3.8, 4) is 0 Å². The summed E-state index contributed by atoms with van der Waals surface area (Å²) in [6.07, 6.45) is 1.79. The Hall–Kier alpha value is -3.25. The molecule has 4 nitrogen and oxygen atoms in total. The molecule has 6 heteroatoms. The molecule has 0 aliphatic heterocycles. The SMILES string of the molecule is O=C(/C=C/c1cccs1)O[C@@H](C(=O)Nc1ccc(F)cc1)c1ccccc1. The van der Waals surface area contributed by atoms with Crippen LogP contribution in [-0.2, 0) is 14.3 Å². The quantitative estimate of drug-likeness (QED) is 0.492. The van der Waals surface area contributed by atoms with Gasteiger partial charge in [-0.25, -0.2) is 9.18 Å². The number of hydrogen-bond donors (Lipinski definition) is 1. The largest absolute Gasteiger partial charge is 0.444 e. The van der Waals surface area contributed by atoms with E-state index in [2.05, 4.69) is 5.32 Å². The lowest BCUT2D eigenvalue weighted by Crippen LogP contribution is -2.25. The van der Waals surface area contributed by atoms with E-state index in [0.717, 1.165) is 4.88 Å². The van der Waals surface area contributed by atoms with Crippen LogP contribution in [-0.4, -0.2) is 11.9 Å². The van der Waals surface area contributed by atoms with Gasteiger partial charge in [0.15, 0.2) is 0 Å². The number of benzene rings is 2. The molecule has 0 spiro atoms. The van der Waals surface area contributed by atoms with E-state index in [1.54, 1.807) is 36.4 Å². The van der Waals surface area contributed by atoms with Gasteiger partial charge >= 0.3 is 5.97 Å². The Labute approximate surface area is 159 Å². The van der Waals surface area contributed by atoms with Crippen molar-refractivity contribution in [2.75, 3.05) is 5.32 Å². The van der Waals surface area contributed by atoms with Gasteiger partial charge in [0, 0.05) is 22.2 Å². The summed E-state index contributed by atoms with van der Waals surface area (Å²) in [5.74, 6) is -1.56. The van der Waals surface area contributed by atoms with Gasteiger partial charge in [-0.1, -0.05) is 36.4 Å². The van der Waals surface area contributed by atoms with Crippen LogP contribution in [0.1, 0.15) is 16.5 Å². The molecular weight excluding hydrogens is 365 g/mol. The fraction of sp³-hybridized carbons (Fsp3) is 0.0476. The summed E-state index contributed by atoms with van der Waals surface area (Å²) in [5.41, 5.74) is 0.947. The van der Waals surface area contributed by atoms with E-state index in [9.17, 15) is 14.0 Å². The van der Waals surface area contributed by atoms with E-state index in [4.69, 9.17) is 4.74 Å². The van der Waals surface area contributed by atoms with Crippen molar-refractivity contribution in [1.82, 2.24) is 0 Å². The predicted octanol–water partition coefficient (Wildman–Crippen LogP) is 4.82. The number of hydrogen-bond acceptors (Lipinski definition) is 4. The van der Waals surface area contributed by atoms with Gasteiger partial charge in [0.1, 0.15) is 5.82 Å². The van der Waals surface area contributed by atoms with Gasteiger partial charge in [-0.2, -0.15) is 0 Å². The van der Waals surface area contributed by atoms with Crippen LogP contribution >= 0.6 is 11.3 Å². The number of anilines is 1. The summed E-state index contributed by atoms with van der Waals surface area (Å²) in [6.45, 7) is 0. The second kappa shape index (κ2) is 8.91. The second-order valence-corrected chi connectivity index (χ2v) is 6.55. The number of rotatable bonds is 6. The maximum absolute atomic E-state index is 13.0. The Morgan fingerprint density at radius 2 is 1.74 bits per heavy atom. The molecule has 0 saturated heterocycles. The van der Waals surface area contributed by atoms with Gasteiger partial charge in [-0.15, -0.1) is 11.3 Å². The smallest absolute Gasteiger partial charge is 0.331 e. The number of thiophene rings is 1. The van der Waals surface area contributed by atoms with Gasteiger partial charge in [0.05, 0.1) is 0 Å². The summed E-state index contributed by atoms with van der Waals surface area (Å²) in [7, 11) is 0. The van der Waals surface area contributed by atoms with E-state index >= 15 is 0 Å². The molecule has 1 heterocycles. The number of esters is 1. The summed E-state index contributed by atoms with van der Waals surface area (Å²) in [6, 6.07) is 17.8. The first kappa shape index (κ1) is 18.5. The number of halogens is 1. The molecule has 2 aromatic carbocycles. The third-order valence-electron chi connectivity index (χ3n) is 3.61. The first-order valence-electron chi connectivity index (χ1n) is 8.15. The molecule has 0 aliphatic rings. The Morgan fingerprint density at radius 3 is 2.41 bits per heavy atom. The Kier molecular flexibility index (Phi) is 6.12. The van der Waals surface area contributed by atoms with Crippen molar-refractivity contribution < 1.29 is 18.7 Å². The molecule has 0 unspecified atom stereocenters. The molecule has 1 amide bonds. The Morgan fingerprint density at radius 1 is 1.00 bits per heavy atom. The maximum Gasteiger partial charge on any atom is 0.331 e. The number of carbonyl (C=O) groups is 2. The molecule has 27 heavy (non-hydrogen) atoms. The number of amides is 1. The van der Waals surface area contributed by atoms with Gasteiger partial charge < -0.3 is 10.1 Å². The van der Waals surface area contributed by atoms with E-state index < -0.39 is 23.8 Å². The van der Waals surface area contributed by atoms with Crippen LogP contribution in [0.15, 0.2) is 78.2 Å². The predicted molar refractivity (Wildman–Crippen MR) is 104 cm³/mol. The molecule has 0 fully saturated rings. The van der Waals surface area contributed by atoms with Crippen LogP contribution in [0.25, 0.3) is 6.08 Å². The van der Waals surface area contributed by atoms with Crippen LogP contribution in [0.2, 0.25) is 0 Å². The highest BCUT2D eigenvalue weighted by atomic mass is 32.1. The van der Waals surface area contributed by atoms with Crippen molar-refractivity contribution in [2.24, 2.45) is 0 Å². The highest BCUT2D eigenvalue weighted by molar-refractivity contribution is 7.10. The van der Waals surface area contributed by atoms with E-state index in [1.807, 2.05) is 17.5 Å². The standard InChI is InChI=1S/C21H16FNO3S/c22-16-8-10-17(11-9-16)23-21(25)20(15-5-2-1-3-6-15)26-19(24)13-12-18-7-4-14-27-18/h1-14,20H,(H,23,25)/b13-12+/t20-/m1/s1. The number of carbonyl (C=O) groups excluding carboxylic acids is 2. The zero-order valence-electron chi connectivity index (χ0n) is 14.2. The van der Waals surface area contributed by atoms with Crippen LogP contribution in [0.4, 0.5) is 10.1 Å². The molecule has 0 bridgehead atoms. The maximum atomic E-state index is 13.0. The van der Waals surface area contributed by atoms with Gasteiger partial charge in [-0.3, -0.25) is 4.79 Å². The number of ether oxygens (including phenoxy) is 1. The topological polar surface area (TPSA) is 55.4 Å². The lowest BCUT2D eigenvalue weighted by atomic mass is 10.1. The first-order chi connectivity index (χ1) is 13.1. The van der Waals surface area contributed by atoms with E-state index in [0.29, 0.717) is 11.3 Å². The summed E-state index contributed by atoms with van der Waals surface area (Å²) < 4.78 is 18.4. The third kappa shape index (κ3) is 5.36. The summed E-state index contributed by atoms with van der Waals surface area (Å²) in [5, 5.41) is 4.53. The zero-order chi connectivity index (χ0) is 19.1. The fourth-order valence-electron chi connectivity index (χ4n) is 2.33. The van der Waals surface area contributed by atoms with E-state index in [-0.39, 0.29) is 0 Å². The lowest BCUT2D eigenvalue weighted by Gasteiger charge is -2.17. The monoisotopic (exact) mass is 381 g/mol. The highest BCUT2D eigenvalue weighted by Crippen LogP contribution is 2.21. The molecule has 0 aliphatic carbocycles. The van der Waals surface area contributed by atoms with Crippen LogP contribution in [0, 0.1) is 5.82 Å². The van der Waals surface area contributed by atoms with Crippen molar-refractivity contribution in [2.45, 2.75) is 6.10 Å². The van der Waals surface area contributed by atoms with Gasteiger partial charge in [-0.05, 0) is 41.8 Å². The van der Waals surface area contributed by atoms with Gasteiger partial charge in [0.25, 0.3) is 5.91 Å². The Balaban J connectivity index is 1.75. The molecule has 0 radical (unpaired) electrons. The molecule has 1 atom stereocenters. The highest BCUT2D eigenvalue weighted by Gasteiger charge is 2.24. The minimum Gasteiger partial charge on any atom is -0.444 e. The van der Waals surface area contributed by atoms with Crippen LogP contribution < -0.4 is 5.32 Å². The minimum absolute atomic E-state index is 0.405. The van der Waals surface area contributed by atoms with Crippen molar-refractivity contribution in [3.63, 3.8) is 0 Å². The normalized spacial score (nSPS) is 11.9. The second-order valence-electron chi connectivity index (χ2n) is 5.57. The van der Waals surface area contributed by atoms with E-state index in [1.165, 1.54) is 41.7 Å². The molecule has 3 rings (SSSR count). The molecule has 1 aromatic heterocycles. The third-order valence-corrected chi connectivity index (χ3v) is 4.45. The summed E-state index contributed by atoms with van der Waals surface area (Å²) in [4.78, 5) is 25.8. The number of nitrogens with one attached hydrogen (secondary N) is 1. The van der Waals surface area contributed by atoms with Crippen LogP contribution in [0.5, 0.6) is 0 Å². The molecule has 136 valence electrons. The first-order valence-corrected chi connectivity index (χ1v) is 9.03. The summed E-state index contributed by atoms with van der Waals surface area (Å²) >= 11 is 1.48. The van der Waals surface area contributed by atoms with Crippen molar-refractivity contribution in [1.29, 1.82) is 0 Å². The van der Waals surface area contributed by atoms with Crippen molar-refractivity contribution >= 4 is 35.0 Å². The van der Waals surface area contributed by atoms with Crippen molar-refractivity contribution in [3.05, 3.63) is 94.4 Å². The average Bonchev–Trinajstić information content (AvgIpc) is 3.20. The average molecular weight is 381 g/mol. The lowest BCUT2D eigenvalue weighted by molar-refractivity contribution is -0.149. The molecular formula is C21H16FNO3S. The zero-order valence-corrected chi connectivity index (χ0v) is 15.0. The molecule has 0 saturated carbocycles. The van der Waals surface area contributed by atoms with Gasteiger partial charge in [0.2, 0.25) is 6.10 Å². The van der Waals surface area contributed by atoms with Crippen LogP contribution in [0.3, 0.4) is 0 Å². The molecule has 3 aromatic rings. The minimum atomic E-state index is -1.13. The fourth-order valence-corrected chi connectivity index (χ4v) is 2.95. The Bertz CT molecular complexity index is 922.